The quantitative estimate of drug-likeness (QED) is 0.665. The summed E-state index contributed by atoms with van der Waals surface area (Å²) in [4.78, 5) is 4.62. The van der Waals surface area contributed by atoms with Gasteiger partial charge >= 0.3 is 0 Å². The lowest BCUT2D eigenvalue weighted by atomic mass is 10.3. The Bertz CT molecular complexity index is 392. The molecule has 0 fully saturated rings. The zero-order valence-electron chi connectivity index (χ0n) is 6.81. The molecule has 0 spiro atoms. The number of nitriles is 2. The first kappa shape index (κ1) is 9.24. The molecule has 0 saturated heterocycles. The van der Waals surface area contributed by atoms with Crippen LogP contribution >= 0.6 is 11.3 Å². The summed E-state index contributed by atoms with van der Waals surface area (Å²) < 4.78 is 4.86. The lowest BCUT2D eigenvalue weighted by molar-refractivity contribution is 0.412. The molecule has 0 aliphatic heterocycles. The first-order valence-corrected chi connectivity index (χ1v) is 4.13. The van der Waals surface area contributed by atoms with Crippen LogP contribution in [0.3, 0.4) is 0 Å². The van der Waals surface area contributed by atoms with Crippen LogP contribution in [-0.2, 0) is 0 Å². The van der Waals surface area contributed by atoms with E-state index in [4.69, 9.17) is 15.3 Å². The van der Waals surface area contributed by atoms with Crippen molar-refractivity contribution in [3.8, 4) is 17.3 Å². The van der Waals surface area contributed by atoms with Crippen LogP contribution in [0.25, 0.3) is 6.08 Å². The lowest BCUT2D eigenvalue weighted by Crippen LogP contribution is -1.76. The summed E-state index contributed by atoms with van der Waals surface area (Å²) in [5.74, 6) is 0. The molecule has 0 radical (unpaired) electrons. The fourth-order valence-corrected chi connectivity index (χ4v) is 1.34. The van der Waals surface area contributed by atoms with Crippen molar-refractivity contribution in [1.29, 1.82) is 10.5 Å². The van der Waals surface area contributed by atoms with Crippen molar-refractivity contribution in [1.82, 2.24) is 4.98 Å². The monoisotopic (exact) mass is 191 g/mol. The van der Waals surface area contributed by atoms with E-state index in [0.29, 0.717) is 5.19 Å². The van der Waals surface area contributed by atoms with Gasteiger partial charge in [0, 0.05) is 6.20 Å². The summed E-state index contributed by atoms with van der Waals surface area (Å²) in [6, 6.07) is 3.53. The largest absolute Gasteiger partial charge is 0.473 e. The normalized spacial score (nSPS) is 8.23. The van der Waals surface area contributed by atoms with Crippen molar-refractivity contribution in [3.63, 3.8) is 0 Å². The molecule has 0 aromatic carbocycles. The Morgan fingerprint density at radius 1 is 1.62 bits per heavy atom. The van der Waals surface area contributed by atoms with Crippen LogP contribution in [0.4, 0.5) is 0 Å². The van der Waals surface area contributed by atoms with E-state index in [9.17, 15) is 0 Å². The van der Waals surface area contributed by atoms with Gasteiger partial charge in [0.05, 0.1) is 12.0 Å². The van der Waals surface area contributed by atoms with Gasteiger partial charge in [-0.15, -0.1) is 0 Å². The lowest BCUT2D eigenvalue weighted by Gasteiger charge is -1.85. The number of hydrogen-bond donors (Lipinski definition) is 0. The molecule has 64 valence electrons. The molecule has 4 nitrogen and oxygen atoms in total. The number of thiazole rings is 1. The van der Waals surface area contributed by atoms with Gasteiger partial charge in [-0.05, 0) is 6.08 Å². The van der Waals surface area contributed by atoms with Gasteiger partial charge in [-0.2, -0.15) is 10.5 Å². The number of nitrogens with zero attached hydrogens (tertiary/aromatic N) is 3. The number of hydrogen-bond acceptors (Lipinski definition) is 5. The summed E-state index contributed by atoms with van der Waals surface area (Å²) in [5, 5.41) is 17.4. The van der Waals surface area contributed by atoms with E-state index in [1.54, 1.807) is 18.3 Å². The average molecular weight is 191 g/mol. The molecule has 1 heterocycles. The van der Waals surface area contributed by atoms with Crippen molar-refractivity contribution in [2.24, 2.45) is 0 Å². The number of methoxy groups -OCH3 is 1. The maximum Gasteiger partial charge on any atom is 0.273 e. The average Bonchev–Trinajstić information content (AvgIpc) is 2.61. The summed E-state index contributed by atoms with van der Waals surface area (Å²) in [5.41, 5.74) is 0.0614. The standard InChI is InChI=1S/C8H5N3OS/c1-12-8-11-5-7(13-8)2-6(3-9)4-10/h2,5H,1H3. The van der Waals surface area contributed by atoms with Gasteiger partial charge < -0.3 is 4.74 Å². The molecule has 0 N–H and O–H groups in total. The number of ether oxygens (including phenoxy) is 1. The SMILES string of the molecule is COc1ncc(C=C(C#N)C#N)s1. The maximum absolute atomic E-state index is 8.46. The maximum atomic E-state index is 8.46. The van der Waals surface area contributed by atoms with E-state index < -0.39 is 0 Å². The van der Waals surface area contributed by atoms with Gasteiger partial charge in [0.2, 0.25) is 0 Å². The van der Waals surface area contributed by atoms with Crippen molar-refractivity contribution in [3.05, 3.63) is 16.6 Å². The molecular weight excluding hydrogens is 186 g/mol. The third-order valence-electron chi connectivity index (χ3n) is 1.20. The van der Waals surface area contributed by atoms with Crippen LogP contribution < -0.4 is 4.74 Å². The Labute approximate surface area is 79.3 Å². The van der Waals surface area contributed by atoms with Crippen LogP contribution in [0, 0.1) is 22.7 Å². The zero-order valence-corrected chi connectivity index (χ0v) is 7.63. The Morgan fingerprint density at radius 3 is 2.77 bits per heavy atom. The van der Waals surface area contributed by atoms with Crippen LogP contribution in [0.5, 0.6) is 5.19 Å². The summed E-state index contributed by atoms with van der Waals surface area (Å²) in [7, 11) is 1.52. The highest BCUT2D eigenvalue weighted by Crippen LogP contribution is 2.21. The first-order chi connectivity index (χ1) is 6.30. The molecule has 0 saturated carbocycles. The minimum absolute atomic E-state index is 0.0614. The van der Waals surface area contributed by atoms with E-state index >= 15 is 0 Å². The highest BCUT2D eigenvalue weighted by molar-refractivity contribution is 7.14. The van der Waals surface area contributed by atoms with Crippen molar-refractivity contribution in [2.45, 2.75) is 0 Å². The predicted octanol–water partition coefficient (Wildman–Crippen LogP) is 1.58. The fourth-order valence-electron chi connectivity index (χ4n) is 0.663. The molecule has 1 rings (SSSR count). The molecule has 0 unspecified atom stereocenters. The summed E-state index contributed by atoms with van der Waals surface area (Å²) in [6.07, 6.45) is 3.03. The number of allylic oxidation sites excluding steroid dienone is 1. The van der Waals surface area contributed by atoms with Crippen LogP contribution in [0.15, 0.2) is 11.8 Å². The van der Waals surface area contributed by atoms with Gasteiger partial charge in [0.1, 0.15) is 17.7 Å². The molecular formula is C8H5N3OS. The molecule has 0 bridgehead atoms. The minimum Gasteiger partial charge on any atom is -0.473 e. The molecule has 0 atom stereocenters. The topological polar surface area (TPSA) is 69.7 Å². The Balaban J connectivity index is 2.93. The van der Waals surface area contributed by atoms with Crippen molar-refractivity contribution < 1.29 is 4.74 Å². The van der Waals surface area contributed by atoms with Crippen molar-refractivity contribution in [2.75, 3.05) is 7.11 Å². The minimum atomic E-state index is 0.0614. The molecule has 5 heteroatoms. The second-order valence-electron chi connectivity index (χ2n) is 2.01. The number of aromatic nitrogens is 1. The van der Waals surface area contributed by atoms with Gasteiger partial charge in [0.15, 0.2) is 0 Å². The molecule has 1 aromatic heterocycles. The molecule has 1 aromatic rings. The van der Waals surface area contributed by atoms with Gasteiger partial charge in [-0.1, -0.05) is 11.3 Å². The van der Waals surface area contributed by atoms with Crippen molar-refractivity contribution >= 4 is 17.4 Å². The highest BCUT2D eigenvalue weighted by atomic mass is 32.1. The van der Waals surface area contributed by atoms with Gasteiger partial charge in [-0.3, -0.25) is 0 Å². The van der Waals surface area contributed by atoms with E-state index in [2.05, 4.69) is 4.98 Å². The van der Waals surface area contributed by atoms with E-state index in [1.807, 2.05) is 0 Å². The second kappa shape index (κ2) is 4.24. The molecule has 13 heavy (non-hydrogen) atoms. The number of rotatable bonds is 2. The molecule has 0 aliphatic carbocycles. The second-order valence-corrected chi connectivity index (χ2v) is 3.04. The third-order valence-corrected chi connectivity index (χ3v) is 2.11. The summed E-state index contributed by atoms with van der Waals surface area (Å²) in [6.45, 7) is 0. The van der Waals surface area contributed by atoms with Crippen LogP contribution in [0.1, 0.15) is 4.88 Å². The van der Waals surface area contributed by atoms with Crippen LogP contribution in [0.2, 0.25) is 0 Å². The zero-order chi connectivity index (χ0) is 9.68. The Morgan fingerprint density at radius 2 is 2.31 bits per heavy atom. The fraction of sp³-hybridized carbons (Fsp3) is 0.125. The van der Waals surface area contributed by atoms with Crippen LogP contribution in [-0.4, -0.2) is 12.1 Å². The Hall–Kier alpha value is -1.85. The molecule has 0 amide bonds. The van der Waals surface area contributed by atoms with E-state index in [1.165, 1.54) is 24.5 Å². The van der Waals surface area contributed by atoms with Gasteiger partial charge in [-0.25, -0.2) is 4.98 Å². The summed E-state index contributed by atoms with van der Waals surface area (Å²) >= 11 is 1.28. The first-order valence-electron chi connectivity index (χ1n) is 3.32. The highest BCUT2D eigenvalue weighted by Gasteiger charge is 2.00. The van der Waals surface area contributed by atoms with E-state index in [-0.39, 0.29) is 5.57 Å². The van der Waals surface area contributed by atoms with E-state index in [0.717, 1.165) is 4.88 Å². The Kier molecular flexibility index (Phi) is 3.02. The smallest absolute Gasteiger partial charge is 0.273 e. The predicted molar refractivity (Wildman–Crippen MR) is 47.9 cm³/mol. The van der Waals surface area contributed by atoms with Gasteiger partial charge in [0.25, 0.3) is 5.19 Å². The molecule has 0 aliphatic rings. The third kappa shape index (κ3) is 2.29.